The van der Waals surface area contributed by atoms with E-state index in [0.717, 1.165) is 12.1 Å². The van der Waals surface area contributed by atoms with Crippen LogP contribution in [-0.4, -0.2) is 35.3 Å². The molecule has 0 bridgehead atoms. The van der Waals surface area contributed by atoms with Gasteiger partial charge in [0.05, 0.1) is 18.8 Å². The normalized spacial score (nSPS) is 20.1. The molecule has 110 valence electrons. The topological polar surface area (TPSA) is 90.0 Å². The Morgan fingerprint density at radius 3 is 2.80 bits per heavy atom. The van der Waals surface area contributed by atoms with Crippen molar-refractivity contribution >= 4 is 5.84 Å². The number of rotatable bonds is 3. The lowest BCUT2D eigenvalue weighted by Crippen LogP contribution is -2.22. The third-order valence-corrected chi connectivity index (χ3v) is 2.70. The minimum Gasteiger partial charge on any atom is -0.471 e. The summed E-state index contributed by atoms with van der Waals surface area (Å²) in [6.07, 6.45) is -4.47. The second kappa shape index (κ2) is 5.53. The highest BCUT2D eigenvalue weighted by Gasteiger charge is 2.34. The molecule has 1 atom stereocenters. The second-order valence-electron chi connectivity index (χ2n) is 4.14. The Morgan fingerprint density at radius 1 is 1.50 bits per heavy atom. The average molecular weight is 291 g/mol. The number of pyridine rings is 1. The highest BCUT2D eigenvalue weighted by atomic mass is 19.4. The molecule has 1 unspecified atom stereocenters. The predicted molar refractivity (Wildman–Crippen MR) is 61.6 cm³/mol. The van der Waals surface area contributed by atoms with Crippen LogP contribution in [0.15, 0.2) is 17.3 Å². The first kappa shape index (κ1) is 14.4. The van der Waals surface area contributed by atoms with Crippen LogP contribution in [0.4, 0.5) is 13.2 Å². The van der Waals surface area contributed by atoms with Crippen LogP contribution in [0.5, 0.6) is 5.88 Å². The van der Waals surface area contributed by atoms with E-state index in [4.69, 9.17) is 20.4 Å². The molecule has 0 spiro atoms. The van der Waals surface area contributed by atoms with Crippen LogP contribution in [-0.2, 0) is 10.9 Å². The first-order valence-electron chi connectivity index (χ1n) is 5.72. The first-order chi connectivity index (χ1) is 9.41. The Labute approximate surface area is 112 Å². The zero-order chi connectivity index (χ0) is 14.8. The fourth-order valence-corrected chi connectivity index (χ4v) is 1.70. The SMILES string of the molecule is NC(=NO)c1ccc(C(F)(F)F)nc1OC1CCOC1. The summed E-state index contributed by atoms with van der Waals surface area (Å²) in [5, 5.41) is 11.4. The fraction of sp³-hybridized carbons (Fsp3) is 0.455. The number of hydrogen-bond donors (Lipinski definition) is 2. The summed E-state index contributed by atoms with van der Waals surface area (Å²) in [6.45, 7) is 0.718. The van der Waals surface area contributed by atoms with E-state index in [1.54, 1.807) is 0 Å². The standard InChI is InChI=1S/C11H12F3N3O3/c12-11(13,14)8-2-1-7(9(15)17-18)10(16-8)20-6-3-4-19-5-6/h1-2,6,18H,3-5H2,(H2,15,17). The maximum absolute atomic E-state index is 12.6. The molecule has 0 amide bonds. The molecule has 3 N–H and O–H groups in total. The number of amidine groups is 1. The lowest BCUT2D eigenvalue weighted by molar-refractivity contribution is -0.141. The number of ether oxygens (including phenoxy) is 2. The highest BCUT2D eigenvalue weighted by Crippen LogP contribution is 2.30. The smallest absolute Gasteiger partial charge is 0.433 e. The number of nitrogens with zero attached hydrogens (tertiary/aromatic N) is 2. The molecule has 0 saturated carbocycles. The van der Waals surface area contributed by atoms with Gasteiger partial charge in [-0.1, -0.05) is 5.16 Å². The molecule has 0 aromatic carbocycles. The minimum atomic E-state index is -4.60. The van der Waals surface area contributed by atoms with Crippen molar-refractivity contribution in [1.82, 2.24) is 4.98 Å². The van der Waals surface area contributed by atoms with Gasteiger partial charge in [0.15, 0.2) is 5.84 Å². The fourth-order valence-electron chi connectivity index (χ4n) is 1.70. The molecular formula is C11H12F3N3O3. The molecule has 0 radical (unpaired) electrons. The van der Waals surface area contributed by atoms with Gasteiger partial charge in [0.25, 0.3) is 0 Å². The zero-order valence-electron chi connectivity index (χ0n) is 10.2. The van der Waals surface area contributed by atoms with Crippen molar-refractivity contribution in [2.45, 2.75) is 18.7 Å². The van der Waals surface area contributed by atoms with Gasteiger partial charge in [-0.3, -0.25) is 0 Å². The first-order valence-corrected chi connectivity index (χ1v) is 5.72. The van der Waals surface area contributed by atoms with Crippen LogP contribution in [0.25, 0.3) is 0 Å². The molecule has 6 nitrogen and oxygen atoms in total. The van der Waals surface area contributed by atoms with Crippen molar-refractivity contribution in [2.75, 3.05) is 13.2 Å². The number of aromatic nitrogens is 1. The van der Waals surface area contributed by atoms with E-state index in [1.807, 2.05) is 0 Å². The summed E-state index contributed by atoms with van der Waals surface area (Å²) in [5.41, 5.74) is 4.28. The van der Waals surface area contributed by atoms with Crippen LogP contribution in [0, 0.1) is 0 Å². The number of halogens is 3. The van der Waals surface area contributed by atoms with Crippen molar-refractivity contribution in [2.24, 2.45) is 10.9 Å². The van der Waals surface area contributed by atoms with Crippen molar-refractivity contribution in [3.8, 4) is 5.88 Å². The van der Waals surface area contributed by atoms with Gasteiger partial charge >= 0.3 is 6.18 Å². The average Bonchev–Trinajstić information content (AvgIpc) is 2.89. The lowest BCUT2D eigenvalue weighted by atomic mass is 10.2. The molecule has 2 rings (SSSR count). The van der Waals surface area contributed by atoms with Crippen LogP contribution >= 0.6 is 0 Å². The summed E-state index contributed by atoms with van der Waals surface area (Å²) in [5.74, 6) is -0.703. The van der Waals surface area contributed by atoms with E-state index < -0.39 is 18.0 Å². The Hall–Kier alpha value is -2.03. The molecule has 1 aromatic heterocycles. The van der Waals surface area contributed by atoms with Crippen LogP contribution in [0.1, 0.15) is 17.7 Å². The van der Waals surface area contributed by atoms with Gasteiger partial charge in [0, 0.05) is 6.42 Å². The lowest BCUT2D eigenvalue weighted by Gasteiger charge is -2.15. The highest BCUT2D eigenvalue weighted by molar-refractivity contribution is 5.99. The maximum atomic E-state index is 12.6. The van der Waals surface area contributed by atoms with Gasteiger partial charge < -0.3 is 20.4 Å². The van der Waals surface area contributed by atoms with Crippen LogP contribution in [0.2, 0.25) is 0 Å². The molecule has 20 heavy (non-hydrogen) atoms. The molecule has 0 aliphatic carbocycles. The van der Waals surface area contributed by atoms with Crippen LogP contribution in [0.3, 0.4) is 0 Å². The monoisotopic (exact) mass is 291 g/mol. The maximum Gasteiger partial charge on any atom is 0.433 e. The van der Waals surface area contributed by atoms with E-state index in [2.05, 4.69) is 10.1 Å². The zero-order valence-corrected chi connectivity index (χ0v) is 10.2. The van der Waals surface area contributed by atoms with Gasteiger partial charge in [0.2, 0.25) is 5.88 Å². The Kier molecular flexibility index (Phi) is 3.98. The van der Waals surface area contributed by atoms with E-state index in [-0.39, 0.29) is 23.9 Å². The van der Waals surface area contributed by atoms with Gasteiger partial charge in [-0.05, 0) is 12.1 Å². The van der Waals surface area contributed by atoms with E-state index >= 15 is 0 Å². The van der Waals surface area contributed by atoms with Crippen molar-refractivity contribution < 1.29 is 27.9 Å². The molecular weight excluding hydrogens is 279 g/mol. The van der Waals surface area contributed by atoms with Crippen molar-refractivity contribution in [3.05, 3.63) is 23.4 Å². The van der Waals surface area contributed by atoms with Gasteiger partial charge in [-0.2, -0.15) is 13.2 Å². The molecule has 1 aliphatic rings. The molecule has 9 heteroatoms. The van der Waals surface area contributed by atoms with Gasteiger partial charge in [-0.25, -0.2) is 4.98 Å². The van der Waals surface area contributed by atoms with Crippen LogP contribution < -0.4 is 10.5 Å². The van der Waals surface area contributed by atoms with E-state index in [0.29, 0.717) is 13.0 Å². The number of alkyl halides is 3. The quantitative estimate of drug-likeness (QED) is 0.380. The van der Waals surface area contributed by atoms with Crippen molar-refractivity contribution in [3.63, 3.8) is 0 Å². The summed E-state index contributed by atoms with van der Waals surface area (Å²) in [4.78, 5) is 3.40. The molecule has 1 fully saturated rings. The minimum absolute atomic E-state index is 0.00704. The van der Waals surface area contributed by atoms with Crippen molar-refractivity contribution in [1.29, 1.82) is 0 Å². The Morgan fingerprint density at radius 2 is 2.25 bits per heavy atom. The summed E-state index contributed by atoms with van der Waals surface area (Å²) in [7, 11) is 0. The Balaban J connectivity index is 2.36. The summed E-state index contributed by atoms with van der Waals surface area (Å²) in [6, 6.07) is 1.79. The third kappa shape index (κ3) is 3.10. The molecule has 2 heterocycles. The summed E-state index contributed by atoms with van der Waals surface area (Å²) >= 11 is 0. The van der Waals surface area contributed by atoms with E-state index in [9.17, 15) is 13.2 Å². The number of oxime groups is 1. The largest absolute Gasteiger partial charge is 0.471 e. The molecule has 1 aliphatic heterocycles. The predicted octanol–water partition coefficient (Wildman–Crippen LogP) is 1.36. The number of nitrogens with two attached hydrogens (primary N) is 1. The summed E-state index contributed by atoms with van der Waals surface area (Å²) < 4.78 is 48.4. The second-order valence-corrected chi connectivity index (χ2v) is 4.14. The molecule has 1 saturated heterocycles. The van der Waals surface area contributed by atoms with Gasteiger partial charge in [-0.15, -0.1) is 0 Å². The Bertz CT molecular complexity index is 513. The van der Waals surface area contributed by atoms with Gasteiger partial charge in [0.1, 0.15) is 11.8 Å². The van der Waals surface area contributed by atoms with E-state index in [1.165, 1.54) is 0 Å². The number of hydrogen-bond acceptors (Lipinski definition) is 5. The molecule has 1 aromatic rings. The third-order valence-electron chi connectivity index (χ3n) is 2.70.